The molecule has 0 bridgehead atoms. The summed E-state index contributed by atoms with van der Waals surface area (Å²) in [5.41, 5.74) is 0.765. The maximum absolute atomic E-state index is 13.1. The number of amides is 1. The summed E-state index contributed by atoms with van der Waals surface area (Å²) in [4.78, 5) is 16.0. The summed E-state index contributed by atoms with van der Waals surface area (Å²) in [6.07, 6.45) is 4.70. The largest absolute Gasteiger partial charge is 0.465 e. The zero-order valence-electron chi connectivity index (χ0n) is 13.6. The Kier molecular flexibility index (Phi) is 5.26. The summed E-state index contributed by atoms with van der Waals surface area (Å²) >= 11 is 0. The van der Waals surface area contributed by atoms with E-state index in [0.717, 1.165) is 5.56 Å². The maximum Gasteiger partial charge on any atom is 0.246 e. The number of benzene rings is 1. The Hall–Kier alpha value is -2.91. The fourth-order valence-corrected chi connectivity index (χ4v) is 2.86. The summed E-state index contributed by atoms with van der Waals surface area (Å²) in [7, 11) is 0. The van der Waals surface area contributed by atoms with E-state index in [1.54, 1.807) is 41.5 Å². The molecular formula is C19H18FN3O2. The van der Waals surface area contributed by atoms with Gasteiger partial charge in [0.15, 0.2) is 0 Å². The first kappa shape index (κ1) is 16.9. The fourth-order valence-electron chi connectivity index (χ4n) is 2.86. The minimum atomic E-state index is -0.434. The Morgan fingerprint density at radius 2 is 1.92 bits per heavy atom. The van der Waals surface area contributed by atoms with Gasteiger partial charge in [0.2, 0.25) is 5.91 Å². The lowest BCUT2D eigenvalue weighted by Crippen LogP contribution is -2.49. The van der Waals surface area contributed by atoms with Crippen LogP contribution >= 0.6 is 0 Å². The summed E-state index contributed by atoms with van der Waals surface area (Å²) in [5, 5.41) is 9.48. The van der Waals surface area contributed by atoms with Crippen molar-refractivity contribution in [2.24, 2.45) is 0 Å². The SMILES string of the molecule is N#CC(c1ccc(F)cc1)N1CCN(C(=O)/C=C/c2ccco2)CC1. The summed E-state index contributed by atoms with van der Waals surface area (Å²) in [5.74, 6) is 0.235. The second-order valence-electron chi connectivity index (χ2n) is 5.79. The van der Waals surface area contributed by atoms with Crippen LogP contribution in [0.15, 0.2) is 53.2 Å². The van der Waals surface area contributed by atoms with Gasteiger partial charge in [0, 0.05) is 32.3 Å². The van der Waals surface area contributed by atoms with Gasteiger partial charge in [0.05, 0.1) is 12.3 Å². The minimum absolute atomic E-state index is 0.0775. The molecule has 25 heavy (non-hydrogen) atoms. The third-order valence-corrected chi connectivity index (χ3v) is 4.23. The standard InChI is InChI=1S/C19H18FN3O2/c20-16-5-3-15(4-6-16)18(14-21)22-9-11-23(12-10-22)19(24)8-7-17-2-1-13-25-17/h1-8,13,18H,9-12H2/b8-7+. The van der Waals surface area contributed by atoms with Crippen LogP contribution in [0.1, 0.15) is 17.4 Å². The maximum atomic E-state index is 13.1. The number of halogens is 1. The van der Waals surface area contributed by atoms with Gasteiger partial charge >= 0.3 is 0 Å². The molecule has 0 saturated carbocycles. The smallest absolute Gasteiger partial charge is 0.246 e. The van der Waals surface area contributed by atoms with Crippen LogP contribution in [-0.4, -0.2) is 41.9 Å². The predicted molar refractivity (Wildman–Crippen MR) is 90.6 cm³/mol. The summed E-state index contributed by atoms with van der Waals surface area (Å²) in [6, 6.07) is 11.4. The predicted octanol–water partition coefficient (Wildman–Crippen LogP) is 2.84. The molecule has 2 aromatic rings. The summed E-state index contributed by atoms with van der Waals surface area (Å²) < 4.78 is 18.2. The highest BCUT2D eigenvalue weighted by Gasteiger charge is 2.26. The third-order valence-electron chi connectivity index (χ3n) is 4.23. The number of nitrogens with zero attached hydrogens (tertiary/aromatic N) is 3. The number of carbonyl (C=O) groups is 1. The van der Waals surface area contributed by atoms with E-state index in [9.17, 15) is 14.4 Å². The van der Waals surface area contributed by atoms with Crippen LogP contribution in [0.3, 0.4) is 0 Å². The molecule has 0 spiro atoms. The molecule has 1 aliphatic heterocycles. The van der Waals surface area contributed by atoms with Gasteiger partial charge in [0.1, 0.15) is 17.6 Å². The van der Waals surface area contributed by atoms with Gasteiger partial charge in [-0.15, -0.1) is 0 Å². The normalized spacial score (nSPS) is 16.7. The van der Waals surface area contributed by atoms with E-state index in [-0.39, 0.29) is 11.7 Å². The first-order chi connectivity index (χ1) is 12.2. The number of hydrogen-bond donors (Lipinski definition) is 0. The molecule has 1 fully saturated rings. The molecule has 1 unspecified atom stereocenters. The lowest BCUT2D eigenvalue weighted by atomic mass is 10.1. The van der Waals surface area contributed by atoms with Gasteiger partial charge in [-0.2, -0.15) is 5.26 Å². The third kappa shape index (κ3) is 4.14. The number of piperazine rings is 1. The number of furan rings is 1. The van der Waals surface area contributed by atoms with E-state index in [1.807, 2.05) is 4.90 Å². The first-order valence-corrected chi connectivity index (χ1v) is 8.07. The van der Waals surface area contributed by atoms with Gasteiger partial charge < -0.3 is 9.32 Å². The van der Waals surface area contributed by atoms with Crippen molar-refractivity contribution in [3.05, 3.63) is 65.9 Å². The van der Waals surface area contributed by atoms with Crippen LogP contribution in [0.4, 0.5) is 4.39 Å². The van der Waals surface area contributed by atoms with Gasteiger partial charge in [-0.3, -0.25) is 9.69 Å². The van der Waals surface area contributed by atoms with Gasteiger partial charge in [0.25, 0.3) is 0 Å². The van der Waals surface area contributed by atoms with E-state index < -0.39 is 6.04 Å². The molecule has 2 heterocycles. The molecule has 0 aliphatic carbocycles. The van der Waals surface area contributed by atoms with Gasteiger partial charge in [-0.25, -0.2) is 4.39 Å². The lowest BCUT2D eigenvalue weighted by Gasteiger charge is -2.36. The van der Waals surface area contributed by atoms with Crippen molar-refractivity contribution in [2.45, 2.75) is 6.04 Å². The van der Waals surface area contributed by atoms with Crippen LogP contribution in [0.2, 0.25) is 0 Å². The Morgan fingerprint density at radius 3 is 2.52 bits per heavy atom. The van der Waals surface area contributed by atoms with E-state index in [0.29, 0.717) is 31.9 Å². The van der Waals surface area contributed by atoms with Crippen molar-refractivity contribution in [1.82, 2.24) is 9.80 Å². The van der Waals surface area contributed by atoms with Gasteiger partial charge in [-0.1, -0.05) is 12.1 Å². The quantitative estimate of drug-likeness (QED) is 0.804. The molecule has 1 aromatic carbocycles. The molecule has 1 amide bonds. The Bertz CT molecular complexity index is 770. The number of rotatable bonds is 4. The second-order valence-corrected chi connectivity index (χ2v) is 5.79. The average molecular weight is 339 g/mol. The molecule has 1 aromatic heterocycles. The lowest BCUT2D eigenvalue weighted by molar-refractivity contribution is -0.127. The highest BCUT2D eigenvalue weighted by atomic mass is 19.1. The first-order valence-electron chi connectivity index (χ1n) is 8.07. The molecule has 1 saturated heterocycles. The fraction of sp³-hybridized carbons (Fsp3) is 0.263. The Morgan fingerprint density at radius 1 is 1.20 bits per heavy atom. The van der Waals surface area contributed by atoms with Crippen LogP contribution < -0.4 is 0 Å². The van der Waals surface area contributed by atoms with Gasteiger partial charge in [-0.05, 0) is 35.9 Å². The Balaban J connectivity index is 1.58. The molecule has 3 rings (SSSR count). The molecule has 5 nitrogen and oxygen atoms in total. The molecule has 0 N–H and O–H groups in total. The van der Waals surface area contributed by atoms with Crippen LogP contribution in [0.25, 0.3) is 6.08 Å². The molecule has 1 atom stereocenters. The van der Waals surface area contributed by atoms with Crippen molar-refractivity contribution in [2.75, 3.05) is 26.2 Å². The number of carbonyl (C=O) groups excluding carboxylic acids is 1. The van der Waals surface area contributed by atoms with Crippen molar-refractivity contribution in [1.29, 1.82) is 5.26 Å². The topological polar surface area (TPSA) is 60.5 Å². The van der Waals surface area contributed by atoms with Crippen molar-refractivity contribution < 1.29 is 13.6 Å². The Labute approximate surface area is 145 Å². The van der Waals surface area contributed by atoms with Crippen LogP contribution in [0, 0.1) is 17.1 Å². The van der Waals surface area contributed by atoms with E-state index in [1.165, 1.54) is 18.2 Å². The van der Waals surface area contributed by atoms with Crippen molar-refractivity contribution in [3.63, 3.8) is 0 Å². The average Bonchev–Trinajstić information content (AvgIpc) is 3.16. The number of nitriles is 1. The highest BCUT2D eigenvalue weighted by Crippen LogP contribution is 2.22. The van der Waals surface area contributed by atoms with Crippen molar-refractivity contribution in [3.8, 4) is 6.07 Å². The molecule has 0 radical (unpaired) electrons. The van der Waals surface area contributed by atoms with E-state index in [4.69, 9.17) is 4.42 Å². The monoisotopic (exact) mass is 339 g/mol. The second kappa shape index (κ2) is 7.77. The molecule has 1 aliphatic rings. The van der Waals surface area contributed by atoms with Crippen LogP contribution in [-0.2, 0) is 4.79 Å². The molecular weight excluding hydrogens is 321 g/mol. The highest BCUT2D eigenvalue weighted by molar-refractivity contribution is 5.91. The minimum Gasteiger partial charge on any atom is -0.465 e. The molecule has 6 heteroatoms. The van der Waals surface area contributed by atoms with Crippen molar-refractivity contribution >= 4 is 12.0 Å². The number of hydrogen-bond acceptors (Lipinski definition) is 4. The zero-order chi connectivity index (χ0) is 17.6. The van der Waals surface area contributed by atoms with Crippen LogP contribution in [0.5, 0.6) is 0 Å². The zero-order valence-corrected chi connectivity index (χ0v) is 13.6. The van der Waals surface area contributed by atoms with E-state index >= 15 is 0 Å². The van der Waals surface area contributed by atoms with E-state index in [2.05, 4.69) is 6.07 Å². The molecule has 128 valence electrons. The summed E-state index contributed by atoms with van der Waals surface area (Å²) in [6.45, 7) is 2.27.